The van der Waals surface area contributed by atoms with Gasteiger partial charge >= 0.3 is 0 Å². The molecule has 112 valence electrons. The molecule has 1 unspecified atom stereocenters. The number of ether oxygens (including phenoxy) is 1. The van der Waals surface area contributed by atoms with Gasteiger partial charge in [0.2, 0.25) is 0 Å². The Morgan fingerprint density at radius 1 is 1.24 bits per heavy atom. The van der Waals surface area contributed by atoms with Gasteiger partial charge in [-0.2, -0.15) is 0 Å². The van der Waals surface area contributed by atoms with Crippen LogP contribution in [0.15, 0.2) is 42.7 Å². The minimum atomic E-state index is -0.328. The summed E-state index contributed by atoms with van der Waals surface area (Å²) < 4.78 is 19.6. The molecular weight excluding hydrogens is 267 g/mol. The Morgan fingerprint density at radius 2 is 2.00 bits per heavy atom. The number of benzene rings is 1. The van der Waals surface area contributed by atoms with Crippen molar-refractivity contribution in [1.82, 2.24) is 4.98 Å². The molecule has 0 radical (unpaired) electrons. The highest BCUT2D eigenvalue weighted by Gasteiger charge is 2.12. The Kier molecular flexibility index (Phi) is 5.69. The lowest BCUT2D eigenvalue weighted by Gasteiger charge is -2.15. The first-order chi connectivity index (χ1) is 10.2. The van der Waals surface area contributed by atoms with Crippen LogP contribution >= 0.6 is 0 Å². The standard InChI is InChI=1S/C17H21FN2O/c1-2-15(19)12-14-4-3-5-16(18)17(14)21-11-8-13-6-9-20-10-7-13/h3-7,9-10,15H,2,8,11-12,19H2,1H3. The molecule has 3 nitrogen and oxygen atoms in total. The molecule has 1 heterocycles. The van der Waals surface area contributed by atoms with Crippen LogP contribution in [-0.2, 0) is 12.8 Å². The predicted molar refractivity (Wildman–Crippen MR) is 81.8 cm³/mol. The van der Waals surface area contributed by atoms with E-state index in [9.17, 15) is 4.39 Å². The maximum Gasteiger partial charge on any atom is 0.165 e. The van der Waals surface area contributed by atoms with Gasteiger partial charge in [-0.25, -0.2) is 4.39 Å². The summed E-state index contributed by atoms with van der Waals surface area (Å²) in [6.07, 6.45) is 5.68. The van der Waals surface area contributed by atoms with E-state index in [1.165, 1.54) is 6.07 Å². The second kappa shape index (κ2) is 7.74. The third kappa shape index (κ3) is 4.53. The fourth-order valence-electron chi connectivity index (χ4n) is 2.12. The summed E-state index contributed by atoms with van der Waals surface area (Å²) in [5, 5.41) is 0. The van der Waals surface area contributed by atoms with Gasteiger partial charge in [-0.3, -0.25) is 4.98 Å². The summed E-state index contributed by atoms with van der Waals surface area (Å²) in [4.78, 5) is 3.97. The average Bonchev–Trinajstić information content (AvgIpc) is 2.51. The molecule has 0 amide bonds. The van der Waals surface area contributed by atoms with Crippen molar-refractivity contribution < 1.29 is 9.13 Å². The molecule has 2 aromatic rings. The molecule has 0 aliphatic heterocycles. The van der Waals surface area contributed by atoms with E-state index in [2.05, 4.69) is 4.98 Å². The van der Waals surface area contributed by atoms with Crippen molar-refractivity contribution >= 4 is 0 Å². The zero-order chi connectivity index (χ0) is 15.1. The highest BCUT2D eigenvalue weighted by atomic mass is 19.1. The van der Waals surface area contributed by atoms with Crippen LogP contribution in [0.4, 0.5) is 4.39 Å². The number of nitrogens with two attached hydrogens (primary N) is 1. The summed E-state index contributed by atoms with van der Waals surface area (Å²) in [6.45, 7) is 2.45. The quantitative estimate of drug-likeness (QED) is 0.851. The lowest BCUT2D eigenvalue weighted by molar-refractivity contribution is 0.301. The van der Waals surface area contributed by atoms with E-state index in [1.807, 2.05) is 25.1 Å². The molecule has 0 saturated heterocycles. The van der Waals surface area contributed by atoms with E-state index in [1.54, 1.807) is 18.5 Å². The van der Waals surface area contributed by atoms with Gasteiger partial charge < -0.3 is 10.5 Å². The Labute approximate surface area is 125 Å². The summed E-state index contributed by atoms with van der Waals surface area (Å²) in [5.41, 5.74) is 7.91. The van der Waals surface area contributed by atoms with Gasteiger partial charge in [-0.1, -0.05) is 19.1 Å². The van der Waals surface area contributed by atoms with Crippen LogP contribution in [0.5, 0.6) is 5.75 Å². The fourth-order valence-corrected chi connectivity index (χ4v) is 2.12. The van der Waals surface area contributed by atoms with E-state index in [-0.39, 0.29) is 11.9 Å². The highest BCUT2D eigenvalue weighted by molar-refractivity contribution is 5.35. The molecule has 0 fully saturated rings. The lowest BCUT2D eigenvalue weighted by Crippen LogP contribution is -2.22. The minimum absolute atomic E-state index is 0.0225. The first kappa shape index (κ1) is 15.4. The molecule has 1 aromatic carbocycles. The third-order valence-corrected chi connectivity index (χ3v) is 3.44. The van der Waals surface area contributed by atoms with Crippen molar-refractivity contribution in [3.05, 3.63) is 59.7 Å². The van der Waals surface area contributed by atoms with Crippen LogP contribution in [-0.4, -0.2) is 17.6 Å². The van der Waals surface area contributed by atoms with E-state index >= 15 is 0 Å². The molecule has 0 aliphatic rings. The first-order valence-corrected chi connectivity index (χ1v) is 7.25. The Hall–Kier alpha value is -1.94. The molecule has 1 atom stereocenters. The van der Waals surface area contributed by atoms with Gasteiger partial charge in [-0.05, 0) is 42.2 Å². The van der Waals surface area contributed by atoms with E-state index in [0.29, 0.717) is 18.8 Å². The second-order valence-electron chi connectivity index (χ2n) is 5.05. The summed E-state index contributed by atoms with van der Waals surface area (Å²) in [7, 11) is 0. The van der Waals surface area contributed by atoms with Crippen LogP contribution in [0.2, 0.25) is 0 Å². The monoisotopic (exact) mass is 288 g/mol. The Balaban J connectivity index is 2.01. The van der Waals surface area contributed by atoms with Crippen molar-refractivity contribution in [3.8, 4) is 5.75 Å². The van der Waals surface area contributed by atoms with Crippen molar-refractivity contribution in [2.75, 3.05) is 6.61 Å². The largest absolute Gasteiger partial charge is 0.490 e. The van der Waals surface area contributed by atoms with Gasteiger partial charge in [-0.15, -0.1) is 0 Å². The van der Waals surface area contributed by atoms with Gasteiger partial charge in [0.25, 0.3) is 0 Å². The maximum absolute atomic E-state index is 14.0. The molecule has 21 heavy (non-hydrogen) atoms. The van der Waals surface area contributed by atoms with Crippen LogP contribution < -0.4 is 10.5 Å². The first-order valence-electron chi connectivity index (χ1n) is 7.25. The molecule has 2 N–H and O–H groups in total. The Bertz CT molecular complexity index is 560. The number of halogens is 1. The Morgan fingerprint density at radius 3 is 2.71 bits per heavy atom. The van der Waals surface area contributed by atoms with Gasteiger partial charge in [0, 0.05) is 24.9 Å². The highest BCUT2D eigenvalue weighted by Crippen LogP contribution is 2.24. The molecule has 0 bridgehead atoms. The molecule has 0 saturated carbocycles. The van der Waals surface area contributed by atoms with E-state index in [4.69, 9.17) is 10.5 Å². The van der Waals surface area contributed by atoms with E-state index < -0.39 is 0 Å². The fraction of sp³-hybridized carbons (Fsp3) is 0.353. The smallest absolute Gasteiger partial charge is 0.165 e. The van der Waals surface area contributed by atoms with Crippen molar-refractivity contribution in [1.29, 1.82) is 0 Å². The molecular formula is C17H21FN2O. The average molecular weight is 288 g/mol. The lowest BCUT2D eigenvalue weighted by atomic mass is 10.0. The topological polar surface area (TPSA) is 48.1 Å². The number of rotatable bonds is 7. The van der Waals surface area contributed by atoms with Crippen LogP contribution in [0, 0.1) is 5.82 Å². The molecule has 0 aliphatic carbocycles. The van der Waals surface area contributed by atoms with Crippen molar-refractivity contribution in [3.63, 3.8) is 0 Å². The van der Waals surface area contributed by atoms with Crippen LogP contribution in [0.3, 0.4) is 0 Å². The number of aromatic nitrogens is 1. The second-order valence-corrected chi connectivity index (χ2v) is 5.05. The zero-order valence-electron chi connectivity index (χ0n) is 12.3. The number of hydrogen-bond donors (Lipinski definition) is 1. The summed E-state index contributed by atoms with van der Waals surface area (Å²) >= 11 is 0. The van der Waals surface area contributed by atoms with Crippen molar-refractivity contribution in [2.45, 2.75) is 32.2 Å². The minimum Gasteiger partial charge on any atom is -0.490 e. The van der Waals surface area contributed by atoms with Crippen LogP contribution in [0.1, 0.15) is 24.5 Å². The van der Waals surface area contributed by atoms with Gasteiger partial charge in [0.1, 0.15) is 0 Å². The number of para-hydroxylation sites is 1. The molecule has 4 heteroatoms. The summed E-state index contributed by atoms with van der Waals surface area (Å²) in [5.74, 6) is 0.000914. The third-order valence-electron chi connectivity index (χ3n) is 3.44. The normalized spacial score (nSPS) is 12.1. The maximum atomic E-state index is 14.0. The van der Waals surface area contributed by atoms with E-state index in [0.717, 1.165) is 24.0 Å². The molecule has 2 rings (SSSR count). The van der Waals surface area contributed by atoms with Gasteiger partial charge in [0.15, 0.2) is 11.6 Å². The van der Waals surface area contributed by atoms with Crippen molar-refractivity contribution in [2.24, 2.45) is 5.73 Å². The predicted octanol–water partition coefficient (Wildman–Crippen LogP) is 3.12. The SMILES string of the molecule is CCC(N)Cc1cccc(F)c1OCCc1ccncc1. The number of pyridine rings is 1. The summed E-state index contributed by atoms with van der Waals surface area (Å²) in [6, 6.07) is 8.87. The molecule has 1 aromatic heterocycles. The molecule has 0 spiro atoms. The number of hydrogen-bond acceptors (Lipinski definition) is 3. The van der Waals surface area contributed by atoms with Gasteiger partial charge in [0.05, 0.1) is 6.61 Å². The van der Waals surface area contributed by atoms with Crippen LogP contribution in [0.25, 0.3) is 0 Å². The number of nitrogens with zero attached hydrogens (tertiary/aromatic N) is 1. The zero-order valence-corrected chi connectivity index (χ0v) is 12.3.